The number of nitro groups is 1. The van der Waals surface area contributed by atoms with E-state index >= 15 is 0 Å². The van der Waals surface area contributed by atoms with Gasteiger partial charge in [0.1, 0.15) is 11.5 Å². The summed E-state index contributed by atoms with van der Waals surface area (Å²) in [6.45, 7) is 3.42. The second-order valence-electron chi connectivity index (χ2n) is 3.95. The Kier molecular flexibility index (Phi) is 3.75. The molecule has 2 aromatic heterocycles. The first-order valence-corrected chi connectivity index (χ1v) is 5.66. The van der Waals surface area contributed by atoms with Crippen LogP contribution in [-0.2, 0) is 6.54 Å². The van der Waals surface area contributed by atoms with Crippen molar-refractivity contribution in [2.45, 2.75) is 20.4 Å². The molecule has 0 radical (unpaired) electrons. The minimum atomic E-state index is -0.557. The second kappa shape index (κ2) is 5.48. The summed E-state index contributed by atoms with van der Waals surface area (Å²) in [5.41, 5.74) is 2.24. The average molecular weight is 279 g/mol. The normalized spacial score (nSPS) is 10.3. The Morgan fingerprint density at radius 3 is 2.75 bits per heavy atom. The van der Waals surface area contributed by atoms with E-state index in [1.165, 1.54) is 6.92 Å². The van der Waals surface area contributed by atoms with Gasteiger partial charge < -0.3 is 9.73 Å². The van der Waals surface area contributed by atoms with Crippen molar-refractivity contribution in [1.29, 1.82) is 0 Å². The molecule has 0 aliphatic rings. The molecule has 0 aliphatic carbocycles. The van der Waals surface area contributed by atoms with Crippen LogP contribution < -0.4 is 16.6 Å². The Bertz CT molecular complexity index is 640. The van der Waals surface area contributed by atoms with Crippen LogP contribution >= 0.6 is 0 Å². The maximum absolute atomic E-state index is 11.1. The minimum Gasteiger partial charge on any atom is -0.444 e. The predicted octanol–water partition coefficient (Wildman–Crippen LogP) is 0.887. The lowest BCUT2D eigenvalue weighted by molar-refractivity contribution is -0.385. The van der Waals surface area contributed by atoms with Gasteiger partial charge in [0.15, 0.2) is 0 Å². The van der Waals surface area contributed by atoms with Crippen molar-refractivity contribution >= 4 is 17.5 Å². The maximum Gasteiger partial charge on any atom is 0.332 e. The molecule has 0 bridgehead atoms. The largest absolute Gasteiger partial charge is 0.444 e. The molecule has 0 unspecified atom stereocenters. The summed E-state index contributed by atoms with van der Waals surface area (Å²) in [4.78, 5) is 22.3. The standard InChI is InChI=1S/C10H13N7O3/c1-5-3-12-7(20-5)4-13-9-8(17(18)19)6(2)14-10(15-9)16-11/h3H,4,11H2,1-2H3,(H2,13,14,15,16). The first kappa shape index (κ1) is 13.7. The van der Waals surface area contributed by atoms with Crippen molar-refractivity contribution in [2.24, 2.45) is 5.84 Å². The number of hydrogen-bond donors (Lipinski definition) is 3. The molecular weight excluding hydrogens is 266 g/mol. The van der Waals surface area contributed by atoms with Crippen LogP contribution in [0.15, 0.2) is 10.6 Å². The number of oxazole rings is 1. The summed E-state index contributed by atoms with van der Waals surface area (Å²) in [5.74, 6) is 6.40. The number of nitrogens with one attached hydrogen (secondary N) is 2. The van der Waals surface area contributed by atoms with E-state index in [0.29, 0.717) is 11.7 Å². The zero-order valence-electron chi connectivity index (χ0n) is 10.9. The average Bonchev–Trinajstić information content (AvgIpc) is 2.81. The smallest absolute Gasteiger partial charge is 0.332 e. The van der Waals surface area contributed by atoms with Crippen LogP contribution in [-0.4, -0.2) is 19.9 Å². The van der Waals surface area contributed by atoms with Gasteiger partial charge in [-0.1, -0.05) is 0 Å². The number of aromatic nitrogens is 3. The Morgan fingerprint density at radius 2 is 2.20 bits per heavy atom. The lowest BCUT2D eigenvalue weighted by atomic mass is 10.3. The third-order valence-electron chi connectivity index (χ3n) is 2.45. The van der Waals surface area contributed by atoms with E-state index in [-0.39, 0.29) is 29.7 Å². The number of nitrogens with two attached hydrogens (primary N) is 1. The predicted molar refractivity (Wildman–Crippen MR) is 69.8 cm³/mol. The molecule has 0 saturated carbocycles. The fraction of sp³-hybridized carbons (Fsp3) is 0.300. The Morgan fingerprint density at radius 1 is 1.45 bits per heavy atom. The molecule has 2 heterocycles. The maximum atomic E-state index is 11.1. The minimum absolute atomic E-state index is 0.0475. The molecule has 0 fully saturated rings. The highest BCUT2D eigenvalue weighted by atomic mass is 16.6. The van der Waals surface area contributed by atoms with E-state index < -0.39 is 4.92 Å². The Labute approximate surface area is 113 Å². The number of hydrogen-bond acceptors (Lipinski definition) is 9. The number of nitrogen functional groups attached to an aromatic ring is 1. The van der Waals surface area contributed by atoms with E-state index in [4.69, 9.17) is 10.3 Å². The number of hydrazine groups is 1. The van der Waals surface area contributed by atoms with Gasteiger partial charge in [0.05, 0.1) is 17.7 Å². The number of nitrogens with zero attached hydrogens (tertiary/aromatic N) is 4. The fourth-order valence-electron chi connectivity index (χ4n) is 1.62. The van der Waals surface area contributed by atoms with Crippen molar-refractivity contribution < 1.29 is 9.34 Å². The van der Waals surface area contributed by atoms with Gasteiger partial charge in [0.25, 0.3) is 0 Å². The molecule has 2 aromatic rings. The SMILES string of the molecule is Cc1cnc(CNc2nc(NN)nc(C)c2[N+](=O)[O-])o1. The van der Waals surface area contributed by atoms with E-state index in [9.17, 15) is 10.1 Å². The van der Waals surface area contributed by atoms with E-state index in [1.54, 1.807) is 13.1 Å². The highest BCUT2D eigenvalue weighted by Crippen LogP contribution is 2.26. The topological polar surface area (TPSA) is 145 Å². The van der Waals surface area contributed by atoms with Gasteiger partial charge in [-0.3, -0.25) is 15.5 Å². The van der Waals surface area contributed by atoms with Crippen LogP contribution in [0.2, 0.25) is 0 Å². The molecule has 10 nitrogen and oxygen atoms in total. The summed E-state index contributed by atoms with van der Waals surface area (Å²) in [5, 5.41) is 13.8. The molecule has 0 aromatic carbocycles. The van der Waals surface area contributed by atoms with Crippen molar-refractivity contribution in [2.75, 3.05) is 10.7 Å². The molecule has 2 rings (SSSR count). The molecule has 0 amide bonds. The molecule has 0 spiro atoms. The molecule has 0 aliphatic heterocycles. The van der Waals surface area contributed by atoms with Gasteiger partial charge in [-0.05, 0) is 13.8 Å². The Balaban J connectivity index is 2.28. The number of rotatable bonds is 5. The molecule has 4 N–H and O–H groups in total. The van der Waals surface area contributed by atoms with Gasteiger partial charge >= 0.3 is 5.69 Å². The fourth-order valence-corrected chi connectivity index (χ4v) is 1.62. The lowest BCUT2D eigenvalue weighted by Gasteiger charge is -2.07. The third-order valence-corrected chi connectivity index (χ3v) is 2.45. The van der Waals surface area contributed by atoms with Gasteiger partial charge in [0, 0.05) is 0 Å². The zero-order valence-corrected chi connectivity index (χ0v) is 10.9. The van der Waals surface area contributed by atoms with E-state index in [2.05, 4.69) is 25.7 Å². The monoisotopic (exact) mass is 279 g/mol. The second-order valence-corrected chi connectivity index (χ2v) is 3.95. The van der Waals surface area contributed by atoms with Crippen molar-refractivity contribution in [1.82, 2.24) is 15.0 Å². The molecule has 20 heavy (non-hydrogen) atoms. The summed E-state index contributed by atoms with van der Waals surface area (Å²) in [7, 11) is 0. The summed E-state index contributed by atoms with van der Waals surface area (Å²) < 4.78 is 5.27. The summed E-state index contributed by atoms with van der Waals surface area (Å²) in [6.07, 6.45) is 1.56. The summed E-state index contributed by atoms with van der Waals surface area (Å²) >= 11 is 0. The van der Waals surface area contributed by atoms with Crippen LogP contribution in [0.1, 0.15) is 17.3 Å². The molecule has 106 valence electrons. The quantitative estimate of drug-likeness (QED) is 0.412. The number of aryl methyl sites for hydroxylation is 2. The van der Waals surface area contributed by atoms with Crippen LogP contribution in [0.5, 0.6) is 0 Å². The van der Waals surface area contributed by atoms with Crippen LogP contribution in [0.3, 0.4) is 0 Å². The van der Waals surface area contributed by atoms with Gasteiger partial charge in [-0.25, -0.2) is 15.8 Å². The van der Waals surface area contributed by atoms with Crippen LogP contribution in [0, 0.1) is 24.0 Å². The third kappa shape index (κ3) is 2.80. The number of anilines is 2. The highest BCUT2D eigenvalue weighted by Gasteiger charge is 2.22. The van der Waals surface area contributed by atoms with Gasteiger partial charge in [0.2, 0.25) is 17.7 Å². The van der Waals surface area contributed by atoms with Crippen molar-refractivity contribution in [3.63, 3.8) is 0 Å². The molecule has 10 heteroatoms. The molecule has 0 atom stereocenters. The van der Waals surface area contributed by atoms with Gasteiger partial charge in [-0.15, -0.1) is 0 Å². The van der Waals surface area contributed by atoms with E-state index in [0.717, 1.165) is 0 Å². The van der Waals surface area contributed by atoms with Crippen LogP contribution in [0.4, 0.5) is 17.5 Å². The molecular formula is C10H13N7O3. The van der Waals surface area contributed by atoms with Crippen molar-refractivity contribution in [3.05, 3.63) is 33.7 Å². The van der Waals surface area contributed by atoms with Crippen molar-refractivity contribution in [3.8, 4) is 0 Å². The first-order valence-electron chi connectivity index (χ1n) is 5.66. The van der Waals surface area contributed by atoms with Gasteiger partial charge in [-0.2, -0.15) is 4.98 Å². The zero-order chi connectivity index (χ0) is 14.7. The Hall–Kier alpha value is -2.75. The van der Waals surface area contributed by atoms with Crippen LogP contribution in [0.25, 0.3) is 0 Å². The molecule has 0 saturated heterocycles. The first-order chi connectivity index (χ1) is 9.51. The highest BCUT2D eigenvalue weighted by molar-refractivity contribution is 5.60. The summed E-state index contributed by atoms with van der Waals surface area (Å²) in [6, 6.07) is 0. The van der Waals surface area contributed by atoms with E-state index in [1.807, 2.05) is 0 Å². The lowest BCUT2D eigenvalue weighted by Crippen LogP contribution is -2.14.